The van der Waals surface area contributed by atoms with E-state index in [0.717, 1.165) is 29.5 Å². The molecule has 0 unspecified atom stereocenters. The molecule has 25 heavy (non-hydrogen) atoms. The highest BCUT2D eigenvalue weighted by Gasteiger charge is 2.26. The van der Waals surface area contributed by atoms with Crippen LogP contribution >= 0.6 is 0 Å². The molecule has 1 aliphatic heterocycles. The van der Waals surface area contributed by atoms with Gasteiger partial charge in [-0.1, -0.05) is 0 Å². The largest absolute Gasteiger partial charge is 0.480 e. The molecular weight excluding hydrogens is 339 g/mol. The number of hydrogen-bond donors (Lipinski definition) is 0. The van der Waals surface area contributed by atoms with E-state index in [4.69, 9.17) is 4.74 Å². The first kappa shape index (κ1) is 17.0. The zero-order valence-electron chi connectivity index (χ0n) is 13.2. The Balaban J connectivity index is 1.84. The van der Waals surface area contributed by atoms with Crippen LogP contribution in [0.4, 0.5) is 13.2 Å². The van der Waals surface area contributed by atoms with Crippen LogP contribution in [-0.2, 0) is 13.0 Å². The molecular formula is C16H14F3N3O3. The van der Waals surface area contributed by atoms with E-state index < -0.39 is 18.3 Å². The molecule has 0 N–H and O–H groups in total. The zero-order valence-corrected chi connectivity index (χ0v) is 13.2. The van der Waals surface area contributed by atoms with Crippen molar-refractivity contribution in [2.75, 3.05) is 13.7 Å². The summed E-state index contributed by atoms with van der Waals surface area (Å²) in [6.07, 6.45) is 0.451. The first-order chi connectivity index (χ1) is 12.0. The number of hydrogen-bond acceptors (Lipinski definition) is 5. The topological polar surface area (TPSA) is 64.6 Å². The molecule has 0 atom stereocenters. The molecule has 2 aromatic rings. The van der Waals surface area contributed by atoms with Gasteiger partial charge in [0.2, 0.25) is 5.88 Å². The number of amides is 1. The molecule has 0 bridgehead atoms. The van der Waals surface area contributed by atoms with Crippen LogP contribution in [-0.4, -0.2) is 41.3 Å². The lowest BCUT2D eigenvalue weighted by Gasteiger charge is -2.28. The van der Waals surface area contributed by atoms with Gasteiger partial charge in [-0.3, -0.25) is 4.79 Å². The summed E-state index contributed by atoms with van der Waals surface area (Å²) in [6, 6.07) is 4.61. The third-order valence-corrected chi connectivity index (χ3v) is 3.81. The number of halogens is 3. The number of benzene rings is 1. The van der Waals surface area contributed by atoms with Crippen molar-refractivity contribution in [1.29, 1.82) is 0 Å². The summed E-state index contributed by atoms with van der Waals surface area (Å²) in [6.45, 7) is -2.55. The van der Waals surface area contributed by atoms with Gasteiger partial charge in [-0.15, -0.1) is 5.10 Å². The Bertz CT molecular complexity index is 801. The summed E-state index contributed by atoms with van der Waals surface area (Å²) in [5, 5.41) is 7.90. The predicted molar refractivity (Wildman–Crippen MR) is 80.1 cm³/mol. The van der Waals surface area contributed by atoms with Gasteiger partial charge in [0.15, 0.2) is 0 Å². The Morgan fingerprint density at radius 2 is 2.08 bits per heavy atom. The number of ether oxygens (including phenoxy) is 2. The molecule has 1 aromatic carbocycles. The van der Waals surface area contributed by atoms with Crippen LogP contribution in [0.1, 0.15) is 21.6 Å². The fraction of sp³-hybridized carbons (Fsp3) is 0.312. The normalized spacial score (nSPS) is 13.6. The summed E-state index contributed by atoms with van der Waals surface area (Å²) >= 11 is 0. The Hall–Kier alpha value is -2.84. The lowest BCUT2D eigenvalue weighted by molar-refractivity contribution is -0.0499. The second-order valence-electron chi connectivity index (χ2n) is 5.36. The third-order valence-electron chi connectivity index (χ3n) is 3.81. The second-order valence-corrected chi connectivity index (χ2v) is 5.36. The van der Waals surface area contributed by atoms with Crippen LogP contribution in [0.3, 0.4) is 0 Å². The number of rotatable bonds is 4. The van der Waals surface area contributed by atoms with Crippen LogP contribution in [0.25, 0.3) is 0 Å². The predicted octanol–water partition coefficient (Wildman–Crippen LogP) is 2.42. The van der Waals surface area contributed by atoms with Gasteiger partial charge in [0, 0.05) is 31.1 Å². The maximum atomic E-state index is 14.0. The molecule has 2 heterocycles. The molecule has 9 heteroatoms. The number of aromatic nitrogens is 2. The summed E-state index contributed by atoms with van der Waals surface area (Å²) in [5.41, 5.74) is 1.16. The number of carbonyl (C=O) groups excluding carboxylic acids is 1. The van der Waals surface area contributed by atoms with E-state index in [1.165, 1.54) is 12.0 Å². The van der Waals surface area contributed by atoms with E-state index >= 15 is 0 Å². The Kier molecular flexibility index (Phi) is 4.73. The van der Waals surface area contributed by atoms with Gasteiger partial charge in [0.1, 0.15) is 11.6 Å². The van der Waals surface area contributed by atoms with Crippen LogP contribution in [0.15, 0.2) is 24.3 Å². The molecule has 0 saturated heterocycles. The number of fused-ring (bicyclic) bond motifs is 1. The van der Waals surface area contributed by atoms with Crippen LogP contribution < -0.4 is 9.47 Å². The van der Waals surface area contributed by atoms with Crippen molar-refractivity contribution >= 4 is 5.91 Å². The van der Waals surface area contributed by atoms with E-state index in [0.29, 0.717) is 18.8 Å². The summed E-state index contributed by atoms with van der Waals surface area (Å²) < 4.78 is 47.8. The lowest BCUT2D eigenvalue weighted by atomic mass is 10.0. The number of methoxy groups -OCH3 is 1. The number of alkyl halides is 2. The molecule has 1 amide bonds. The second kappa shape index (κ2) is 6.96. The molecule has 132 valence electrons. The number of carbonyl (C=O) groups is 1. The molecule has 0 saturated carbocycles. The van der Waals surface area contributed by atoms with Crippen LogP contribution in [0, 0.1) is 5.82 Å². The van der Waals surface area contributed by atoms with Crippen molar-refractivity contribution in [2.45, 2.75) is 19.6 Å². The zero-order chi connectivity index (χ0) is 18.0. The monoisotopic (exact) mass is 353 g/mol. The molecule has 6 nitrogen and oxygen atoms in total. The molecule has 0 radical (unpaired) electrons. The fourth-order valence-corrected chi connectivity index (χ4v) is 2.60. The quantitative estimate of drug-likeness (QED) is 0.845. The van der Waals surface area contributed by atoms with Crippen molar-refractivity contribution in [3.63, 3.8) is 0 Å². The van der Waals surface area contributed by atoms with E-state index in [-0.39, 0.29) is 17.9 Å². The van der Waals surface area contributed by atoms with Crippen molar-refractivity contribution in [1.82, 2.24) is 15.1 Å². The highest BCUT2D eigenvalue weighted by atomic mass is 19.3. The van der Waals surface area contributed by atoms with Crippen molar-refractivity contribution < 1.29 is 27.4 Å². The SMILES string of the molecule is COc1cc2c(nn1)CCN(C(=O)c1cc(OC(F)F)ccc1F)C2. The van der Waals surface area contributed by atoms with Crippen LogP contribution in [0.5, 0.6) is 11.6 Å². The van der Waals surface area contributed by atoms with Gasteiger partial charge in [-0.25, -0.2) is 4.39 Å². The Labute approximate surface area is 141 Å². The molecule has 0 fully saturated rings. The van der Waals surface area contributed by atoms with Crippen molar-refractivity contribution in [3.8, 4) is 11.6 Å². The standard InChI is InChI=1S/C16H14F3N3O3/c1-24-14-6-9-8-22(5-4-13(9)20-21-14)15(23)11-7-10(25-16(18)19)2-3-12(11)17/h2-3,6-7,16H,4-5,8H2,1H3. The van der Waals surface area contributed by atoms with E-state index in [1.54, 1.807) is 6.07 Å². The minimum absolute atomic E-state index is 0.194. The van der Waals surface area contributed by atoms with Gasteiger partial charge < -0.3 is 14.4 Å². The lowest BCUT2D eigenvalue weighted by Crippen LogP contribution is -2.37. The van der Waals surface area contributed by atoms with Crippen LogP contribution in [0.2, 0.25) is 0 Å². The maximum absolute atomic E-state index is 14.0. The molecule has 3 rings (SSSR count). The Morgan fingerprint density at radius 1 is 1.28 bits per heavy atom. The average Bonchev–Trinajstić information content (AvgIpc) is 2.61. The first-order valence-electron chi connectivity index (χ1n) is 7.41. The van der Waals surface area contributed by atoms with Gasteiger partial charge in [-0.2, -0.15) is 13.9 Å². The number of nitrogens with zero attached hydrogens (tertiary/aromatic N) is 3. The van der Waals surface area contributed by atoms with E-state index in [9.17, 15) is 18.0 Å². The van der Waals surface area contributed by atoms with Gasteiger partial charge >= 0.3 is 6.61 Å². The molecule has 0 spiro atoms. The van der Waals surface area contributed by atoms with Gasteiger partial charge in [-0.05, 0) is 18.2 Å². The molecule has 1 aliphatic rings. The third kappa shape index (κ3) is 3.65. The minimum atomic E-state index is -3.05. The minimum Gasteiger partial charge on any atom is -0.480 e. The molecule has 0 aliphatic carbocycles. The molecule has 1 aromatic heterocycles. The van der Waals surface area contributed by atoms with Crippen molar-refractivity contribution in [2.24, 2.45) is 0 Å². The average molecular weight is 353 g/mol. The van der Waals surface area contributed by atoms with Gasteiger partial charge in [0.05, 0.1) is 18.4 Å². The maximum Gasteiger partial charge on any atom is 0.387 e. The first-order valence-corrected chi connectivity index (χ1v) is 7.41. The summed E-state index contributed by atoms with van der Waals surface area (Å²) in [7, 11) is 1.45. The van der Waals surface area contributed by atoms with E-state index in [1.807, 2.05) is 0 Å². The fourth-order valence-electron chi connectivity index (χ4n) is 2.60. The highest BCUT2D eigenvalue weighted by molar-refractivity contribution is 5.95. The van der Waals surface area contributed by atoms with Gasteiger partial charge in [0.25, 0.3) is 5.91 Å². The van der Waals surface area contributed by atoms with Crippen molar-refractivity contribution in [3.05, 3.63) is 46.9 Å². The Morgan fingerprint density at radius 3 is 2.80 bits per heavy atom. The summed E-state index contributed by atoms with van der Waals surface area (Å²) in [5.74, 6) is -1.38. The smallest absolute Gasteiger partial charge is 0.387 e. The summed E-state index contributed by atoms with van der Waals surface area (Å²) in [4.78, 5) is 14.0. The van der Waals surface area contributed by atoms with E-state index in [2.05, 4.69) is 14.9 Å². The highest BCUT2D eigenvalue weighted by Crippen LogP contribution is 2.24.